The number of amidine groups is 2. The molecular weight excluding hydrogens is 873 g/mol. The normalized spacial score (nSPS) is 14.9. The SMILES string of the molecule is c1ccc(-c2ccc(C3=NC(c4ccc(-c5cccc(-c6ccc7c(c6)C6(c8ccccc8N(c8ccccc8)c8ccccc86)c6ccc8ccccc8c6-7)c5)cc4)=NC(c4ccccc4)N3)cc2)cc1. The molecule has 2 aliphatic heterocycles. The topological polar surface area (TPSA) is 40.0 Å². The van der Waals surface area contributed by atoms with E-state index in [-0.39, 0.29) is 6.17 Å². The molecule has 0 saturated carbocycles. The zero-order chi connectivity index (χ0) is 47.6. The molecule has 1 N–H and O–H groups in total. The summed E-state index contributed by atoms with van der Waals surface area (Å²) in [5.74, 6) is 1.50. The highest BCUT2D eigenvalue weighted by Gasteiger charge is 2.52. The first kappa shape index (κ1) is 41.6. The lowest BCUT2D eigenvalue weighted by Crippen LogP contribution is -2.36. The van der Waals surface area contributed by atoms with Gasteiger partial charge in [0.1, 0.15) is 12.0 Å². The molecule has 0 saturated heterocycles. The molecule has 1 aliphatic carbocycles. The number of benzene rings is 11. The van der Waals surface area contributed by atoms with Crippen LogP contribution >= 0.6 is 0 Å². The van der Waals surface area contributed by atoms with E-state index in [4.69, 9.17) is 9.98 Å². The van der Waals surface area contributed by atoms with Crippen molar-refractivity contribution >= 4 is 39.5 Å². The summed E-state index contributed by atoms with van der Waals surface area (Å²) < 4.78 is 0. The molecule has 11 aromatic rings. The van der Waals surface area contributed by atoms with Gasteiger partial charge in [0.15, 0.2) is 5.84 Å². The first-order valence-electron chi connectivity index (χ1n) is 24.8. The second-order valence-corrected chi connectivity index (χ2v) is 18.9. The minimum atomic E-state index is -0.568. The zero-order valence-corrected chi connectivity index (χ0v) is 39.3. The van der Waals surface area contributed by atoms with Crippen LogP contribution < -0.4 is 10.2 Å². The Morgan fingerprint density at radius 2 is 0.903 bits per heavy atom. The van der Waals surface area contributed by atoms with Crippen LogP contribution in [0.4, 0.5) is 17.1 Å². The molecule has 0 aromatic heterocycles. The number of aliphatic imine (C=N–C) groups is 2. The van der Waals surface area contributed by atoms with Gasteiger partial charge in [-0.1, -0.05) is 231 Å². The molecule has 4 nitrogen and oxygen atoms in total. The smallest absolute Gasteiger partial charge is 0.159 e. The fraction of sp³-hybridized carbons (Fsp3) is 0.0294. The summed E-state index contributed by atoms with van der Waals surface area (Å²) in [6, 6.07) is 96.9. The quantitative estimate of drug-likeness (QED) is 0.173. The molecule has 72 heavy (non-hydrogen) atoms. The van der Waals surface area contributed by atoms with Crippen molar-refractivity contribution in [1.29, 1.82) is 0 Å². The molecular formula is C68H46N4. The van der Waals surface area contributed by atoms with Crippen molar-refractivity contribution in [2.24, 2.45) is 9.98 Å². The van der Waals surface area contributed by atoms with Gasteiger partial charge in [-0.2, -0.15) is 0 Å². The number of para-hydroxylation sites is 3. The highest BCUT2D eigenvalue weighted by Crippen LogP contribution is 2.64. The molecule has 11 aromatic carbocycles. The van der Waals surface area contributed by atoms with E-state index in [9.17, 15) is 0 Å². The van der Waals surface area contributed by atoms with E-state index in [1.54, 1.807) is 0 Å². The van der Waals surface area contributed by atoms with Gasteiger partial charge in [0.05, 0.1) is 16.8 Å². The van der Waals surface area contributed by atoms with Crippen molar-refractivity contribution in [3.05, 3.63) is 306 Å². The van der Waals surface area contributed by atoms with Crippen molar-refractivity contribution in [3.8, 4) is 44.5 Å². The Balaban J connectivity index is 0.858. The summed E-state index contributed by atoms with van der Waals surface area (Å²) in [6.07, 6.45) is -0.282. The lowest BCUT2D eigenvalue weighted by atomic mass is 9.64. The third-order valence-electron chi connectivity index (χ3n) is 14.9. The largest absolute Gasteiger partial charge is 0.344 e. The molecule has 1 spiro atoms. The summed E-state index contributed by atoms with van der Waals surface area (Å²) in [4.78, 5) is 12.8. The van der Waals surface area contributed by atoms with Gasteiger partial charge in [0.2, 0.25) is 0 Å². The second-order valence-electron chi connectivity index (χ2n) is 18.9. The maximum atomic E-state index is 5.18. The average molecular weight is 919 g/mol. The summed E-state index contributed by atoms with van der Waals surface area (Å²) >= 11 is 0. The van der Waals surface area contributed by atoms with Crippen LogP contribution in [0, 0.1) is 0 Å². The molecule has 3 aliphatic rings. The lowest BCUT2D eigenvalue weighted by Gasteiger charge is -2.45. The third kappa shape index (κ3) is 6.68. The van der Waals surface area contributed by atoms with Crippen LogP contribution in [0.25, 0.3) is 55.3 Å². The maximum absolute atomic E-state index is 5.18. The van der Waals surface area contributed by atoms with Crippen molar-refractivity contribution < 1.29 is 0 Å². The van der Waals surface area contributed by atoms with Gasteiger partial charge in [0, 0.05) is 16.8 Å². The molecule has 4 heteroatoms. The molecule has 1 atom stereocenters. The number of nitrogens with one attached hydrogen (secondary N) is 1. The van der Waals surface area contributed by atoms with Crippen LogP contribution in [0.2, 0.25) is 0 Å². The van der Waals surface area contributed by atoms with E-state index in [1.165, 1.54) is 77.8 Å². The molecule has 1 unspecified atom stereocenters. The Labute approximate surface area is 419 Å². The zero-order valence-electron chi connectivity index (χ0n) is 39.3. The third-order valence-corrected chi connectivity index (χ3v) is 14.9. The van der Waals surface area contributed by atoms with E-state index >= 15 is 0 Å². The number of rotatable bonds is 7. The van der Waals surface area contributed by atoms with Gasteiger partial charge in [-0.3, -0.25) is 0 Å². The highest BCUT2D eigenvalue weighted by atomic mass is 15.2. The van der Waals surface area contributed by atoms with Gasteiger partial charge >= 0.3 is 0 Å². The van der Waals surface area contributed by atoms with Crippen LogP contribution in [0.1, 0.15) is 45.1 Å². The second kappa shape index (κ2) is 16.9. The van der Waals surface area contributed by atoms with E-state index in [1.807, 2.05) is 12.1 Å². The number of nitrogens with zero attached hydrogens (tertiary/aromatic N) is 3. The predicted octanol–water partition coefficient (Wildman–Crippen LogP) is 16.5. The molecule has 338 valence electrons. The summed E-state index contributed by atoms with van der Waals surface area (Å²) in [7, 11) is 0. The van der Waals surface area contributed by atoms with Crippen LogP contribution in [0.15, 0.2) is 277 Å². The van der Waals surface area contributed by atoms with Crippen LogP contribution in [0.3, 0.4) is 0 Å². The van der Waals surface area contributed by atoms with Crippen molar-refractivity contribution in [2.75, 3.05) is 4.90 Å². The fourth-order valence-electron chi connectivity index (χ4n) is 11.6. The minimum Gasteiger partial charge on any atom is -0.344 e. The van der Waals surface area contributed by atoms with Crippen molar-refractivity contribution in [3.63, 3.8) is 0 Å². The molecule has 0 fully saturated rings. The fourth-order valence-corrected chi connectivity index (χ4v) is 11.6. The number of fused-ring (bicyclic) bond motifs is 11. The number of anilines is 3. The molecule has 14 rings (SSSR count). The van der Waals surface area contributed by atoms with E-state index in [0.29, 0.717) is 5.84 Å². The van der Waals surface area contributed by atoms with Gasteiger partial charge in [0.25, 0.3) is 0 Å². The van der Waals surface area contributed by atoms with Gasteiger partial charge in [-0.15, -0.1) is 0 Å². The standard InChI is InChI=1S/C68H46N4/c1-4-17-45(18-5-1)46-31-35-50(36-32-46)66-69-65(49-20-6-2-7-21-49)70-67(71-66)51-37-33-47(34-38-51)52-22-16-23-53(43-52)54-39-41-57-61(44-54)68(60-42-40-48-19-10-11-26-56(48)64(57)60)58-27-12-14-29-62(58)72(55-24-8-3-9-25-55)63-30-15-13-28-59(63)68/h1-44,65H,(H,69,70,71). The predicted molar refractivity (Wildman–Crippen MR) is 298 cm³/mol. The Kier molecular flexibility index (Phi) is 9.78. The van der Waals surface area contributed by atoms with Crippen molar-refractivity contribution in [1.82, 2.24) is 5.32 Å². The Morgan fingerprint density at radius 1 is 0.375 bits per heavy atom. The van der Waals surface area contributed by atoms with E-state index in [0.717, 1.165) is 39.3 Å². The Hall–Kier alpha value is -9.38. The van der Waals surface area contributed by atoms with Crippen LogP contribution in [0.5, 0.6) is 0 Å². The Bertz CT molecular complexity index is 3890. The summed E-state index contributed by atoms with van der Waals surface area (Å²) in [6.45, 7) is 0. The van der Waals surface area contributed by atoms with Crippen LogP contribution in [-0.2, 0) is 5.41 Å². The average Bonchev–Trinajstić information content (AvgIpc) is 3.76. The van der Waals surface area contributed by atoms with E-state index in [2.05, 4.69) is 265 Å². The van der Waals surface area contributed by atoms with Gasteiger partial charge < -0.3 is 10.2 Å². The maximum Gasteiger partial charge on any atom is 0.159 e. The number of hydrogen-bond acceptors (Lipinski definition) is 4. The minimum absolute atomic E-state index is 0.282. The molecule has 0 radical (unpaired) electrons. The Morgan fingerprint density at radius 3 is 1.62 bits per heavy atom. The molecule has 0 bridgehead atoms. The molecule has 2 heterocycles. The van der Waals surface area contributed by atoms with Gasteiger partial charge in [-0.25, -0.2) is 9.98 Å². The highest BCUT2D eigenvalue weighted by molar-refractivity contribution is 6.13. The van der Waals surface area contributed by atoms with Crippen molar-refractivity contribution in [2.45, 2.75) is 11.6 Å². The lowest BCUT2D eigenvalue weighted by molar-refractivity contribution is 0.674. The first-order chi connectivity index (χ1) is 35.7. The first-order valence-corrected chi connectivity index (χ1v) is 24.8. The van der Waals surface area contributed by atoms with Crippen LogP contribution in [-0.4, -0.2) is 11.7 Å². The molecule has 0 amide bonds. The summed E-state index contributed by atoms with van der Waals surface area (Å²) in [5, 5.41) is 6.15. The monoisotopic (exact) mass is 918 g/mol. The van der Waals surface area contributed by atoms with Gasteiger partial charge in [-0.05, 0) is 119 Å². The number of hydrogen-bond donors (Lipinski definition) is 1. The van der Waals surface area contributed by atoms with E-state index < -0.39 is 5.41 Å². The summed E-state index contributed by atoms with van der Waals surface area (Å²) in [5.41, 5.74) is 20.8.